The number of rotatable bonds is 4. The first-order valence-electron chi connectivity index (χ1n) is 2.73. The average molecular weight is 137 g/mol. The zero-order chi connectivity index (χ0) is 6.24. The van der Waals surface area contributed by atoms with Crippen molar-refractivity contribution in [1.29, 1.82) is 0 Å². The Kier molecular flexibility index (Phi) is 6.93. The third-order valence-electron chi connectivity index (χ3n) is 0.844. The van der Waals surface area contributed by atoms with E-state index in [2.05, 4.69) is 0 Å². The van der Waals surface area contributed by atoms with E-state index in [0.29, 0.717) is 6.42 Å². The smallest absolute Gasteiger partial charge is 0.0894 e. The molecule has 0 aromatic heterocycles. The molecule has 0 aliphatic heterocycles. The van der Waals surface area contributed by atoms with Crippen molar-refractivity contribution < 1.29 is 4.39 Å². The zero-order valence-electron chi connectivity index (χ0n) is 4.74. The molecule has 0 heterocycles. The highest BCUT2D eigenvalue weighted by molar-refractivity contribution is 6.25. The molecule has 0 radical (unpaired) electrons. The standard InChI is InChI=1S/C6H10ClF/c7-5-3-1-2-4-6-8/h3,5H,1-2,4,6H2. The van der Waals surface area contributed by atoms with Crippen molar-refractivity contribution >= 4 is 11.6 Å². The Morgan fingerprint density at radius 1 is 1.38 bits per heavy atom. The third-order valence-corrected chi connectivity index (χ3v) is 1.02. The Hall–Kier alpha value is -0.0400. The van der Waals surface area contributed by atoms with Crippen LogP contribution in [0.4, 0.5) is 4.39 Å². The summed E-state index contributed by atoms with van der Waals surface area (Å²) in [5.74, 6) is 0. The third kappa shape index (κ3) is 5.96. The van der Waals surface area contributed by atoms with E-state index in [1.807, 2.05) is 6.08 Å². The van der Waals surface area contributed by atoms with Gasteiger partial charge in [0.15, 0.2) is 0 Å². The summed E-state index contributed by atoms with van der Waals surface area (Å²) in [6.45, 7) is -0.212. The molecular weight excluding hydrogens is 127 g/mol. The molecule has 48 valence electrons. The van der Waals surface area contributed by atoms with Crippen LogP contribution in [0.15, 0.2) is 11.6 Å². The van der Waals surface area contributed by atoms with Crippen molar-refractivity contribution in [2.24, 2.45) is 0 Å². The molecule has 0 rings (SSSR count). The van der Waals surface area contributed by atoms with Crippen LogP contribution in [0.2, 0.25) is 0 Å². The summed E-state index contributed by atoms with van der Waals surface area (Å²) in [6.07, 6.45) is 4.28. The van der Waals surface area contributed by atoms with Gasteiger partial charge in [-0.05, 0) is 19.3 Å². The van der Waals surface area contributed by atoms with Crippen LogP contribution in [0.3, 0.4) is 0 Å². The molecule has 0 unspecified atom stereocenters. The number of halogens is 2. The second-order valence-electron chi connectivity index (χ2n) is 1.55. The molecule has 0 saturated carbocycles. The first-order chi connectivity index (χ1) is 3.91. The van der Waals surface area contributed by atoms with E-state index in [1.165, 1.54) is 5.54 Å². The summed E-state index contributed by atoms with van der Waals surface area (Å²) in [4.78, 5) is 0. The maximum absolute atomic E-state index is 11.4. The SMILES string of the molecule is FCCCCC=CCl. The summed E-state index contributed by atoms with van der Waals surface area (Å²) in [5, 5.41) is 0. The molecule has 0 aromatic rings. The Morgan fingerprint density at radius 2 is 2.12 bits per heavy atom. The average Bonchev–Trinajstić information content (AvgIpc) is 1.81. The minimum Gasteiger partial charge on any atom is -0.251 e. The van der Waals surface area contributed by atoms with Crippen LogP contribution < -0.4 is 0 Å². The van der Waals surface area contributed by atoms with Crippen molar-refractivity contribution in [1.82, 2.24) is 0 Å². The maximum Gasteiger partial charge on any atom is 0.0894 e. The fourth-order valence-electron chi connectivity index (χ4n) is 0.420. The largest absolute Gasteiger partial charge is 0.251 e. The first-order valence-corrected chi connectivity index (χ1v) is 3.16. The summed E-state index contributed by atoms with van der Waals surface area (Å²) < 4.78 is 11.4. The molecule has 0 saturated heterocycles. The Labute approximate surface area is 54.3 Å². The van der Waals surface area contributed by atoms with Crippen molar-refractivity contribution in [2.45, 2.75) is 19.3 Å². The fourth-order valence-corrected chi connectivity index (χ4v) is 0.546. The first kappa shape index (κ1) is 7.96. The van der Waals surface area contributed by atoms with E-state index in [4.69, 9.17) is 11.6 Å². The zero-order valence-corrected chi connectivity index (χ0v) is 5.49. The summed E-state index contributed by atoms with van der Waals surface area (Å²) in [5.41, 5.74) is 1.47. The quantitative estimate of drug-likeness (QED) is 0.522. The van der Waals surface area contributed by atoms with E-state index in [1.54, 1.807) is 0 Å². The van der Waals surface area contributed by atoms with Gasteiger partial charge in [0.2, 0.25) is 0 Å². The van der Waals surface area contributed by atoms with Crippen molar-refractivity contribution in [2.75, 3.05) is 6.67 Å². The van der Waals surface area contributed by atoms with E-state index in [0.717, 1.165) is 12.8 Å². The minimum atomic E-state index is -0.212. The van der Waals surface area contributed by atoms with Crippen LogP contribution in [-0.2, 0) is 0 Å². The Morgan fingerprint density at radius 3 is 2.62 bits per heavy atom. The van der Waals surface area contributed by atoms with Gasteiger partial charge < -0.3 is 0 Å². The lowest BCUT2D eigenvalue weighted by molar-refractivity contribution is 0.463. The maximum atomic E-state index is 11.4. The summed E-state index contributed by atoms with van der Waals surface area (Å²) in [6, 6.07) is 0. The minimum absolute atomic E-state index is 0.212. The van der Waals surface area contributed by atoms with E-state index < -0.39 is 0 Å². The van der Waals surface area contributed by atoms with Gasteiger partial charge in [-0.2, -0.15) is 0 Å². The molecule has 2 heteroatoms. The Balaban J connectivity index is 2.72. The molecule has 0 N–H and O–H groups in total. The van der Waals surface area contributed by atoms with Gasteiger partial charge >= 0.3 is 0 Å². The molecule has 0 bridgehead atoms. The van der Waals surface area contributed by atoms with Gasteiger partial charge in [0, 0.05) is 5.54 Å². The monoisotopic (exact) mass is 136 g/mol. The topological polar surface area (TPSA) is 0 Å². The molecule has 0 spiro atoms. The van der Waals surface area contributed by atoms with Gasteiger partial charge in [0.25, 0.3) is 0 Å². The van der Waals surface area contributed by atoms with E-state index in [9.17, 15) is 4.39 Å². The van der Waals surface area contributed by atoms with Crippen LogP contribution in [0.25, 0.3) is 0 Å². The highest BCUT2D eigenvalue weighted by Crippen LogP contribution is 1.96. The molecular formula is C6H10ClF. The van der Waals surface area contributed by atoms with E-state index >= 15 is 0 Å². The lowest BCUT2D eigenvalue weighted by Crippen LogP contribution is -1.73. The number of unbranched alkanes of at least 4 members (excludes halogenated alkanes) is 2. The van der Waals surface area contributed by atoms with Gasteiger partial charge in [0.1, 0.15) is 0 Å². The predicted octanol–water partition coefficient (Wildman–Crippen LogP) is 2.88. The lowest BCUT2D eigenvalue weighted by Gasteiger charge is -1.86. The van der Waals surface area contributed by atoms with Crippen LogP contribution in [-0.4, -0.2) is 6.67 Å². The molecule has 0 aromatic carbocycles. The van der Waals surface area contributed by atoms with Crippen molar-refractivity contribution in [3.05, 3.63) is 11.6 Å². The molecule has 0 atom stereocenters. The highest BCUT2D eigenvalue weighted by Gasteiger charge is 1.81. The molecule has 8 heavy (non-hydrogen) atoms. The molecule has 0 aliphatic rings. The second kappa shape index (κ2) is 6.96. The van der Waals surface area contributed by atoms with Gasteiger partial charge in [-0.15, -0.1) is 0 Å². The molecule has 0 aliphatic carbocycles. The van der Waals surface area contributed by atoms with Gasteiger partial charge in [-0.1, -0.05) is 17.7 Å². The number of hydrogen-bond donors (Lipinski definition) is 0. The van der Waals surface area contributed by atoms with Gasteiger partial charge in [-0.3, -0.25) is 4.39 Å². The van der Waals surface area contributed by atoms with Crippen molar-refractivity contribution in [3.8, 4) is 0 Å². The molecule has 0 fully saturated rings. The molecule has 0 amide bonds. The van der Waals surface area contributed by atoms with Crippen molar-refractivity contribution in [3.63, 3.8) is 0 Å². The summed E-state index contributed by atoms with van der Waals surface area (Å²) >= 11 is 5.21. The van der Waals surface area contributed by atoms with Gasteiger partial charge in [-0.25, -0.2) is 0 Å². The van der Waals surface area contributed by atoms with Crippen LogP contribution >= 0.6 is 11.6 Å². The molecule has 0 nitrogen and oxygen atoms in total. The number of allylic oxidation sites excluding steroid dienone is 1. The fraction of sp³-hybridized carbons (Fsp3) is 0.667. The number of alkyl halides is 1. The van der Waals surface area contributed by atoms with Crippen LogP contribution in [0.5, 0.6) is 0 Å². The number of hydrogen-bond acceptors (Lipinski definition) is 0. The van der Waals surface area contributed by atoms with Gasteiger partial charge in [0.05, 0.1) is 6.67 Å². The predicted molar refractivity (Wildman–Crippen MR) is 34.8 cm³/mol. The lowest BCUT2D eigenvalue weighted by atomic mass is 10.2. The van der Waals surface area contributed by atoms with Crippen LogP contribution in [0, 0.1) is 0 Å². The highest BCUT2D eigenvalue weighted by atomic mass is 35.5. The summed E-state index contributed by atoms with van der Waals surface area (Å²) in [7, 11) is 0. The normalized spacial score (nSPS) is 10.8. The second-order valence-corrected chi connectivity index (χ2v) is 1.80. The Bertz CT molecular complexity index is 61.5. The van der Waals surface area contributed by atoms with Crippen LogP contribution in [0.1, 0.15) is 19.3 Å². The van der Waals surface area contributed by atoms with E-state index in [-0.39, 0.29) is 6.67 Å².